The highest BCUT2D eigenvalue weighted by molar-refractivity contribution is 5.77. The molecule has 1 unspecified atom stereocenters. The molecule has 3 heterocycles. The third-order valence-corrected chi connectivity index (χ3v) is 6.37. The monoisotopic (exact) mass is 428 g/mol. The minimum atomic E-state index is -4.26. The zero-order valence-corrected chi connectivity index (χ0v) is 16.5. The zero-order chi connectivity index (χ0) is 21.5. The van der Waals surface area contributed by atoms with Crippen LogP contribution in [0, 0.1) is 17.7 Å². The number of cyclic esters (lactones) is 1. The van der Waals surface area contributed by atoms with Gasteiger partial charge in [0.2, 0.25) is 5.91 Å². The first-order chi connectivity index (χ1) is 14.2. The zero-order valence-electron chi connectivity index (χ0n) is 16.5. The van der Waals surface area contributed by atoms with Gasteiger partial charge in [0.15, 0.2) is 0 Å². The second kappa shape index (κ2) is 8.07. The van der Waals surface area contributed by atoms with Crippen molar-refractivity contribution in [2.45, 2.75) is 37.8 Å². The summed E-state index contributed by atoms with van der Waals surface area (Å²) in [6.07, 6.45) is -2.94. The lowest BCUT2D eigenvalue weighted by molar-refractivity contribution is -0.168. The van der Waals surface area contributed by atoms with Gasteiger partial charge in [0, 0.05) is 44.4 Å². The number of amides is 1. The maximum Gasteiger partial charge on any atom is 0.393 e. The van der Waals surface area contributed by atoms with Crippen LogP contribution in [0.2, 0.25) is 0 Å². The number of esters is 1. The number of likely N-dealkylation sites (tertiary alicyclic amines) is 1. The Morgan fingerprint density at radius 1 is 1.20 bits per heavy atom. The first-order valence-corrected chi connectivity index (χ1v) is 10.2. The molecule has 1 aromatic rings. The summed E-state index contributed by atoms with van der Waals surface area (Å²) in [6, 6.07) is 4.67. The summed E-state index contributed by atoms with van der Waals surface area (Å²) in [6.45, 7) is 1.34. The van der Waals surface area contributed by atoms with Crippen LogP contribution in [0.4, 0.5) is 23.2 Å². The molecular weight excluding hydrogens is 404 g/mol. The van der Waals surface area contributed by atoms with E-state index in [-0.39, 0.29) is 48.9 Å². The van der Waals surface area contributed by atoms with Gasteiger partial charge in [0.05, 0.1) is 24.6 Å². The molecule has 3 aliphatic heterocycles. The number of hydrogen-bond donors (Lipinski definition) is 0. The van der Waals surface area contributed by atoms with Crippen LogP contribution in [0.5, 0.6) is 0 Å². The SMILES string of the molecule is O=C1C[C@H](CCC(=O)N2CC(c3ccc(N4CCC(C(F)(F)F)C4)c(F)c3)C2)CO1. The Morgan fingerprint density at radius 2 is 1.97 bits per heavy atom. The summed E-state index contributed by atoms with van der Waals surface area (Å²) in [7, 11) is 0. The smallest absolute Gasteiger partial charge is 0.393 e. The molecule has 0 N–H and O–H groups in total. The number of benzene rings is 1. The number of rotatable bonds is 5. The van der Waals surface area contributed by atoms with Crippen molar-refractivity contribution in [1.29, 1.82) is 0 Å². The summed E-state index contributed by atoms with van der Waals surface area (Å²) < 4.78 is 58.1. The topological polar surface area (TPSA) is 49.9 Å². The molecule has 30 heavy (non-hydrogen) atoms. The Kier molecular flexibility index (Phi) is 5.63. The van der Waals surface area contributed by atoms with Gasteiger partial charge < -0.3 is 14.5 Å². The third-order valence-electron chi connectivity index (χ3n) is 6.37. The van der Waals surface area contributed by atoms with Crippen LogP contribution in [0.25, 0.3) is 0 Å². The van der Waals surface area contributed by atoms with E-state index in [0.29, 0.717) is 39.0 Å². The van der Waals surface area contributed by atoms with E-state index in [0.717, 1.165) is 5.56 Å². The highest BCUT2D eigenvalue weighted by Crippen LogP contribution is 2.37. The highest BCUT2D eigenvalue weighted by atomic mass is 19.4. The molecule has 0 aliphatic carbocycles. The van der Waals surface area contributed by atoms with Crippen LogP contribution < -0.4 is 4.90 Å². The average Bonchev–Trinajstić information content (AvgIpc) is 3.28. The molecule has 9 heteroatoms. The normalized spacial score (nSPS) is 24.9. The molecule has 0 saturated carbocycles. The van der Waals surface area contributed by atoms with Crippen LogP contribution >= 0.6 is 0 Å². The fourth-order valence-corrected chi connectivity index (χ4v) is 4.41. The number of anilines is 1. The highest BCUT2D eigenvalue weighted by Gasteiger charge is 2.44. The quantitative estimate of drug-likeness (QED) is 0.532. The molecule has 5 nitrogen and oxygen atoms in total. The molecule has 3 saturated heterocycles. The number of halogens is 4. The Hall–Kier alpha value is -2.32. The molecule has 1 amide bonds. The van der Waals surface area contributed by atoms with E-state index in [1.807, 2.05) is 0 Å². The minimum absolute atomic E-state index is 0.0120. The first-order valence-electron chi connectivity index (χ1n) is 10.2. The predicted octanol–water partition coefficient (Wildman–Crippen LogP) is 3.48. The number of carbonyl (C=O) groups excluding carboxylic acids is 2. The van der Waals surface area contributed by atoms with Crippen LogP contribution in [0.1, 0.15) is 37.2 Å². The summed E-state index contributed by atoms with van der Waals surface area (Å²) in [5.74, 6) is -2.02. The molecule has 0 radical (unpaired) electrons. The second-order valence-electron chi connectivity index (χ2n) is 8.47. The Morgan fingerprint density at radius 3 is 2.57 bits per heavy atom. The maximum absolute atomic E-state index is 14.6. The molecule has 2 atom stereocenters. The molecule has 3 aliphatic rings. The van der Waals surface area contributed by atoms with E-state index >= 15 is 0 Å². The van der Waals surface area contributed by atoms with Crippen molar-refractivity contribution in [3.63, 3.8) is 0 Å². The summed E-state index contributed by atoms with van der Waals surface area (Å²) in [5.41, 5.74) is 0.952. The largest absolute Gasteiger partial charge is 0.465 e. The molecular formula is C21H24F4N2O3. The number of carbonyl (C=O) groups is 2. The van der Waals surface area contributed by atoms with E-state index in [4.69, 9.17) is 4.74 Å². The van der Waals surface area contributed by atoms with Crippen molar-refractivity contribution in [1.82, 2.24) is 4.90 Å². The van der Waals surface area contributed by atoms with Crippen molar-refractivity contribution in [3.8, 4) is 0 Å². The van der Waals surface area contributed by atoms with Gasteiger partial charge in [-0.05, 0) is 30.5 Å². The van der Waals surface area contributed by atoms with E-state index in [2.05, 4.69) is 0 Å². The lowest BCUT2D eigenvalue weighted by Crippen LogP contribution is -2.48. The summed E-state index contributed by atoms with van der Waals surface area (Å²) in [5, 5.41) is 0. The third kappa shape index (κ3) is 4.39. The molecule has 0 spiro atoms. The number of ether oxygens (including phenoxy) is 1. The van der Waals surface area contributed by atoms with Crippen LogP contribution in [-0.2, 0) is 14.3 Å². The fourth-order valence-electron chi connectivity index (χ4n) is 4.41. The van der Waals surface area contributed by atoms with Crippen molar-refractivity contribution in [3.05, 3.63) is 29.6 Å². The van der Waals surface area contributed by atoms with Crippen molar-refractivity contribution in [2.24, 2.45) is 11.8 Å². The fraction of sp³-hybridized carbons (Fsp3) is 0.619. The molecule has 3 fully saturated rings. The molecule has 4 rings (SSSR count). The Balaban J connectivity index is 1.27. The molecule has 1 aromatic carbocycles. The number of nitrogens with zero attached hydrogens (tertiary/aromatic N) is 2. The van der Waals surface area contributed by atoms with Gasteiger partial charge in [-0.15, -0.1) is 0 Å². The maximum atomic E-state index is 14.6. The van der Waals surface area contributed by atoms with E-state index in [1.54, 1.807) is 17.0 Å². The Bertz CT molecular complexity index is 823. The van der Waals surface area contributed by atoms with Crippen LogP contribution in [-0.4, -0.2) is 55.7 Å². The van der Waals surface area contributed by atoms with E-state index in [1.165, 1.54) is 11.0 Å². The summed E-state index contributed by atoms with van der Waals surface area (Å²) >= 11 is 0. The van der Waals surface area contributed by atoms with Gasteiger partial charge in [-0.25, -0.2) is 4.39 Å². The average molecular weight is 428 g/mol. The lowest BCUT2D eigenvalue weighted by Gasteiger charge is -2.40. The first kappa shape index (κ1) is 20.9. The van der Waals surface area contributed by atoms with Crippen molar-refractivity contribution < 1.29 is 31.9 Å². The van der Waals surface area contributed by atoms with Gasteiger partial charge in [0.25, 0.3) is 0 Å². The van der Waals surface area contributed by atoms with Gasteiger partial charge in [-0.3, -0.25) is 9.59 Å². The minimum Gasteiger partial charge on any atom is -0.465 e. The number of hydrogen-bond acceptors (Lipinski definition) is 4. The standard InChI is InChI=1S/C21H24F4N2O3/c22-17-8-14(2-3-18(17)26-6-5-16(11-26)21(23,24)25)15-9-27(10-15)19(28)4-1-13-7-20(29)30-12-13/h2-3,8,13,15-16H,1,4-7,9-12H2/t13-,16?/m0/s1. The van der Waals surface area contributed by atoms with Gasteiger partial charge in [-0.2, -0.15) is 13.2 Å². The molecule has 0 aromatic heterocycles. The lowest BCUT2D eigenvalue weighted by atomic mass is 9.90. The molecule has 164 valence electrons. The van der Waals surface area contributed by atoms with Crippen LogP contribution in [0.15, 0.2) is 18.2 Å². The van der Waals surface area contributed by atoms with E-state index in [9.17, 15) is 27.2 Å². The second-order valence-corrected chi connectivity index (χ2v) is 8.47. The van der Waals surface area contributed by atoms with Gasteiger partial charge in [-0.1, -0.05) is 6.07 Å². The van der Waals surface area contributed by atoms with Crippen molar-refractivity contribution in [2.75, 3.05) is 37.7 Å². The van der Waals surface area contributed by atoms with Gasteiger partial charge >= 0.3 is 12.1 Å². The van der Waals surface area contributed by atoms with Gasteiger partial charge in [0.1, 0.15) is 5.82 Å². The number of alkyl halides is 3. The Labute approximate surface area is 172 Å². The van der Waals surface area contributed by atoms with Crippen molar-refractivity contribution >= 4 is 17.6 Å². The predicted molar refractivity (Wildman–Crippen MR) is 100 cm³/mol. The molecule has 0 bridgehead atoms. The van der Waals surface area contributed by atoms with Crippen LogP contribution in [0.3, 0.4) is 0 Å². The van der Waals surface area contributed by atoms with E-state index < -0.39 is 17.9 Å². The summed E-state index contributed by atoms with van der Waals surface area (Å²) in [4.78, 5) is 26.5.